The van der Waals surface area contributed by atoms with E-state index in [0.717, 1.165) is 36.7 Å². The van der Waals surface area contributed by atoms with Crippen molar-refractivity contribution < 1.29 is 14.3 Å². The summed E-state index contributed by atoms with van der Waals surface area (Å²) in [7, 11) is 4.35. The van der Waals surface area contributed by atoms with Gasteiger partial charge >= 0.3 is 17.7 Å². The lowest BCUT2D eigenvalue weighted by Crippen LogP contribution is -2.37. The molecular weight excluding hydrogens is 400 g/mol. The van der Waals surface area contributed by atoms with Crippen molar-refractivity contribution in [2.75, 3.05) is 7.11 Å². The highest BCUT2D eigenvalue weighted by atomic mass is 16.5. The maximum absolute atomic E-state index is 12.9. The quantitative estimate of drug-likeness (QED) is 0.384. The first-order valence-electron chi connectivity index (χ1n) is 10.4. The Morgan fingerprint density at radius 3 is 2.32 bits per heavy atom. The molecule has 9 nitrogen and oxygen atoms in total. The summed E-state index contributed by atoms with van der Waals surface area (Å²) in [4.78, 5) is 41.3. The summed E-state index contributed by atoms with van der Waals surface area (Å²) in [5, 5.41) is 0. The van der Waals surface area contributed by atoms with Gasteiger partial charge in [-0.2, -0.15) is 4.98 Å². The molecule has 31 heavy (non-hydrogen) atoms. The number of carbonyl (C=O) groups is 1. The van der Waals surface area contributed by atoms with E-state index < -0.39 is 17.2 Å². The zero-order chi connectivity index (χ0) is 22.5. The molecule has 0 aliphatic rings. The average molecular weight is 428 g/mol. The fourth-order valence-electron chi connectivity index (χ4n) is 3.47. The summed E-state index contributed by atoms with van der Waals surface area (Å²) in [6.45, 7) is 2.70. The third-order valence-corrected chi connectivity index (χ3v) is 5.28. The first-order chi connectivity index (χ1) is 14.9. The molecule has 0 spiro atoms. The highest BCUT2D eigenvalue weighted by Crippen LogP contribution is 2.25. The number of methoxy groups -OCH3 is 1. The van der Waals surface area contributed by atoms with Crippen molar-refractivity contribution in [2.24, 2.45) is 14.1 Å². The number of hydrogen-bond acceptors (Lipinski definition) is 6. The molecule has 0 aliphatic heterocycles. The van der Waals surface area contributed by atoms with E-state index in [-0.39, 0.29) is 11.7 Å². The van der Waals surface area contributed by atoms with Crippen LogP contribution in [0.2, 0.25) is 0 Å². The van der Waals surface area contributed by atoms with Crippen molar-refractivity contribution in [1.29, 1.82) is 0 Å². The van der Waals surface area contributed by atoms with Crippen LogP contribution < -0.4 is 16.0 Å². The number of benzene rings is 1. The Bertz CT molecular complexity index is 1190. The largest absolute Gasteiger partial charge is 0.465 e. The van der Waals surface area contributed by atoms with Gasteiger partial charge < -0.3 is 9.47 Å². The van der Waals surface area contributed by atoms with Crippen LogP contribution in [0.15, 0.2) is 33.9 Å². The zero-order valence-electron chi connectivity index (χ0n) is 18.4. The smallest absolute Gasteiger partial charge is 0.337 e. The normalized spacial score (nSPS) is 11.1. The third-order valence-electron chi connectivity index (χ3n) is 5.28. The first-order valence-corrected chi connectivity index (χ1v) is 10.4. The van der Waals surface area contributed by atoms with Crippen LogP contribution in [-0.4, -0.2) is 31.8 Å². The van der Waals surface area contributed by atoms with E-state index in [2.05, 4.69) is 11.9 Å². The van der Waals surface area contributed by atoms with Crippen LogP contribution in [0.1, 0.15) is 49.4 Å². The molecule has 2 heterocycles. The summed E-state index contributed by atoms with van der Waals surface area (Å²) < 4.78 is 14.8. The summed E-state index contributed by atoms with van der Waals surface area (Å²) in [6, 6.07) is 6.68. The van der Waals surface area contributed by atoms with Gasteiger partial charge in [0, 0.05) is 20.6 Å². The van der Waals surface area contributed by atoms with Crippen molar-refractivity contribution in [1.82, 2.24) is 18.7 Å². The molecule has 0 radical (unpaired) electrons. The fraction of sp³-hybridized carbons (Fsp3) is 0.455. The summed E-state index contributed by atoms with van der Waals surface area (Å²) >= 11 is 0. The Hall–Kier alpha value is -3.36. The van der Waals surface area contributed by atoms with Gasteiger partial charge in [0.2, 0.25) is 0 Å². The topological polar surface area (TPSA) is 97.3 Å². The third kappa shape index (κ3) is 4.55. The van der Waals surface area contributed by atoms with E-state index >= 15 is 0 Å². The van der Waals surface area contributed by atoms with Crippen molar-refractivity contribution >= 4 is 17.1 Å². The maximum Gasteiger partial charge on any atom is 0.337 e. The van der Waals surface area contributed by atoms with Crippen LogP contribution in [0, 0.1) is 0 Å². The van der Waals surface area contributed by atoms with E-state index in [1.54, 1.807) is 35.9 Å². The molecule has 0 saturated heterocycles. The predicted octanol–water partition coefficient (Wildman–Crippen LogP) is 2.98. The van der Waals surface area contributed by atoms with Gasteiger partial charge in [-0.25, -0.2) is 9.59 Å². The van der Waals surface area contributed by atoms with Crippen LogP contribution in [0.25, 0.3) is 11.2 Å². The molecule has 0 aliphatic carbocycles. The van der Waals surface area contributed by atoms with Crippen LogP contribution in [-0.2, 0) is 25.4 Å². The van der Waals surface area contributed by atoms with E-state index in [0.29, 0.717) is 23.4 Å². The molecule has 0 bridgehead atoms. The number of imidazole rings is 1. The van der Waals surface area contributed by atoms with E-state index in [9.17, 15) is 14.4 Å². The van der Waals surface area contributed by atoms with Crippen molar-refractivity contribution in [3.63, 3.8) is 0 Å². The highest BCUT2D eigenvalue weighted by Gasteiger charge is 2.20. The van der Waals surface area contributed by atoms with Crippen LogP contribution in [0.4, 0.5) is 0 Å². The second-order valence-corrected chi connectivity index (χ2v) is 7.46. The van der Waals surface area contributed by atoms with Gasteiger partial charge in [0.1, 0.15) is 5.75 Å². The number of esters is 1. The first kappa shape index (κ1) is 22.3. The minimum absolute atomic E-state index is 0.231. The number of rotatable bonds is 9. The molecule has 2 aromatic heterocycles. The average Bonchev–Trinajstić information content (AvgIpc) is 3.14. The molecule has 3 aromatic rings. The number of aryl methyl sites for hydroxylation is 2. The number of unbranched alkanes of at least 4 members (excludes halogenated alkanes) is 4. The molecule has 166 valence electrons. The van der Waals surface area contributed by atoms with Crippen molar-refractivity contribution in [3.05, 3.63) is 50.7 Å². The van der Waals surface area contributed by atoms with Gasteiger partial charge in [-0.05, 0) is 30.7 Å². The van der Waals surface area contributed by atoms with Gasteiger partial charge in [0.15, 0.2) is 11.2 Å². The molecule has 0 amide bonds. The number of carbonyl (C=O) groups excluding carboxylic acids is 1. The predicted molar refractivity (Wildman–Crippen MR) is 117 cm³/mol. The van der Waals surface area contributed by atoms with Gasteiger partial charge in [-0.3, -0.25) is 18.5 Å². The summed E-state index contributed by atoms with van der Waals surface area (Å²) in [6.07, 6.45) is 5.30. The number of hydrogen-bond donors (Lipinski definition) is 0. The van der Waals surface area contributed by atoms with Crippen LogP contribution >= 0.6 is 0 Å². The van der Waals surface area contributed by atoms with Crippen molar-refractivity contribution in [2.45, 2.75) is 45.6 Å². The van der Waals surface area contributed by atoms with Gasteiger partial charge in [-0.15, -0.1) is 0 Å². The van der Waals surface area contributed by atoms with Crippen molar-refractivity contribution in [3.8, 4) is 11.8 Å². The van der Waals surface area contributed by atoms with Gasteiger partial charge in [-0.1, -0.05) is 32.6 Å². The van der Waals surface area contributed by atoms with Crippen LogP contribution in [0.3, 0.4) is 0 Å². The van der Waals surface area contributed by atoms with Gasteiger partial charge in [0.05, 0.1) is 12.7 Å². The minimum atomic E-state index is -0.445. The second-order valence-electron chi connectivity index (χ2n) is 7.46. The molecule has 0 atom stereocenters. The van der Waals surface area contributed by atoms with E-state index in [4.69, 9.17) is 9.47 Å². The Morgan fingerprint density at radius 2 is 1.68 bits per heavy atom. The SMILES string of the molecule is CCCCCCCn1c(Oc2ccc(C(=O)OC)cc2)nc2c1c(=O)n(C)c(=O)n2C. The summed E-state index contributed by atoms with van der Waals surface area (Å²) in [5.74, 6) is 0.0152. The zero-order valence-corrected chi connectivity index (χ0v) is 18.4. The minimum Gasteiger partial charge on any atom is -0.465 e. The second kappa shape index (κ2) is 9.63. The Kier molecular flexibility index (Phi) is 6.94. The molecule has 0 saturated carbocycles. The lowest BCUT2D eigenvalue weighted by molar-refractivity contribution is 0.0600. The fourth-order valence-corrected chi connectivity index (χ4v) is 3.47. The Morgan fingerprint density at radius 1 is 1.00 bits per heavy atom. The monoisotopic (exact) mass is 428 g/mol. The molecule has 9 heteroatoms. The number of fused-ring (bicyclic) bond motifs is 1. The Labute approximate surface area is 179 Å². The molecule has 3 rings (SSSR count). The maximum atomic E-state index is 12.9. The number of ether oxygens (including phenoxy) is 2. The Balaban J connectivity index is 2.00. The number of aromatic nitrogens is 4. The molecule has 0 N–H and O–H groups in total. The molecule has 0 fully saturated rings. The molecule has 1 aromatic carbocycles. The van der Waals surface area contributed by atoms with E-state index in [1.165, 1.54) is 18.7 Å². The standard InChI is InChI=1S/C22H28N4O5/c1-5-6-7-8-9-14-26-17-18(24(2)22(29)25(3)19(17)27)23-21(26)31-16-12-10-15(11-13-16)20(28)30-4/h10-13H,5-9,14H2,1-4H3. The molecule has 0 unspecified atom stereocenters. The molecular formula is C22H28N4O5. The van der Waals surface area contributed by atoms with Crippen LogP contribution in [0.5, 0.6) is 11.8 Å². The summed E-state index contributed by atoms with van der Waals surface area (Å²) in [5.41, 5.74) is 0.161. The highest BCUT2D eigenvalue weighted by molar-refractivity contribution is 5.89. The number of nitrogens with zero attached hydrogens (tertiary/aromatic N) is 4. The lowest BCUT2D eigenvalue weighted by atomic mass is 10.1. The van der Waals surface area contributed by atoms with E-state index in [1.807, 2.05) is 0 Å². The lowest BCUT2D eigenvalue weighted by Gasteiger charge is -2.10. The van der Waals surface area contributed by atoms with Gasteiger partial charge in [0.25, 0.3) is 5.56 Å².